The van der Waals surface area contributed by atoms with Crippen molar-refractivity contribution >= 4 is 24.1 Å². The van der Waals surface area contributed by atoms with Crippen LogP contribution in [0.25, 0.3) is 0 Å². The Kier molecular flexibility index (Phi) is 5.19. The Hall–Kier alpha value is -2.85. The van der Waals surface area contributed by atoms with Gasteiger partial charge in [0.1, 0.15) is 5.82 Å². The van der Waals surface area contributed by atoms with E-state index in [9.17, 15) is 23.9 Å². The number of halogens is 1. The van der Waals surface area contributed by atoms with Crippen LogP contribution in [0.2, 0.25) is 0 Å². The van der Waals surface area contributed by atoms with Crippen molar-refractivity contribution in [1.29, 1.82) is 0 Å². The van der Waals surface area contributed by atoms with Gasteiger partial charge in [0.2, 0.25) is 5.91 Å². The third-order valence-electron chi connectivity index (χ3n) is 4.48. The van der Waals surface area contributed by atoms with Crippen LogP contribution in [-0.2, 0) is 19.9 Å². The molecule has 0 aromatic heterocycles. The molecule has 2 aliphatic rings. The van der Waals surface area contributed by atoms with E-state index in [1.807, 2.05) is 0 Å². The molecule has 1 aromatic carbocycles. The summed E-state index contributed by atoms with van der Waals surface area (Å²) >= 11 is 0. The number of rotatable bonds is 4. The number of carbonyl (C=O) groups is 3. The number of carbonyl (C=O) groups excluding carboxylic acids is 2. The first kappa shape index (κ1) is 18.9. The Morgan fingerprint density at radius 1 is 1.48 bits per heavy atom. The van der Waals surface area contributed by atoms with Crippen LogP contribution in [0.1, 0.15) is 12.5 Å². The summed E-state index contributed by atoms with van der Waals surface area (Å²) in [4.78, 5) is 40.9. The lowest BCUT2D eigenvalue weighted by atomic mass is 9.83. The number of aliphatic imine (C=N–C) groups is 1. The highest BCUT2D eigenvalue weighted by Crippen LogP contribution is 2.36. The van der Waals surface area contributed by atoms with Gasteiger partial charge in [-0.25, -0.2) is 14.1 Å². The molecule has 2 aliphatic heterocycles. The molecule has 3 rings (SSSR count). The summed E-state index contributed by atoms with van der Waals surface area (Å²) in [5, 5.41) is 15.1. The Bertz CT molecular complexity index is 801. The molecule has 144 valence electrons. The van der Waals surface area contributed by atoms with E-state index >= 15 is 0 Å². The lowest BCUT2D eigenvalue weighted by molar-refractivity contribution is -0.149. The summed E-state index contributed by atoms with van der Waals surface area (Å²) in [5.41, 5.74) is -1.95. The summed E-state index contributed by atoms with van der Waals surface area (Å²) in [6.45, 7) is 1.26. The number of hydrogen-bond acceptors (Lipinski definition) is 6. The fourth-order valence-electron chi connectivity index (χ4n) is 3.33. The van der Waals surface area contributed by atoms with Gasteiger partial charge in [0, 0.05) is 37.8 Å². The zero-order valence-electron chi connectivity index (χ0n) is 14.5. The number of hydrogen-bond donors (Lipinski definition) is 3. The molecule has 1 fully saturated rings. The van der Waals surface area contributed by atoms with Gasteiger partial charge in [-0.1, -0.05) is 18.2 Å². The van der Waals surface area contributed by atoms with Gasteiger partial charge in [-0.3, -0.25) is 19.9 Å². The highest BCUT2D eigenvalue weighted by atomic mass is 19.1. The summed E-state index contributed by atoms with van der Waals surface area (Å²) < 4.78 is 20.2. The second-order valence-electron chi connectivity index (χ2n) is 6.28. The molecule has 2 heterocycles. The Morgan fingerprint density at radius 2 is 2.22 bits per heavy atom. The number of ether oxygens (including phenoxy) is 1. The molecular formula is C17H19FN4O5. The molecule has 3 unspecified atom stereocenters. The first-order chi connectivity index (χ1) is 12.9. The molecule has 3 atom stereocenters. The molecule has 1 saturated heterocycles. The largest absolute Gasteiger partial charge is 0.465 e. The number of piperazine rings is 1. The third-order valence-corrected chi connectivity index (χ3v) is 4.48. The van der Waals surface area contributed by atoms with Gasteiger partial charge in [0.25, 0.3) is 5.91 Å². The van der Waals surface area contributed by atoms with E-state index in [0.29, 0.717) is 4.90 Å². The molecule has 0 saturated carbocycles. The van der Waals surface area contributed by atoms with E-state index in [1.165, 1.54) is 37.4 Å². The minimum Gasteiger partial charge on any atom is -0.465 e. The molecule has 3 N–H and O–H groups in total. The Balaban J connectivity index is 2.11. The fraction of sp³-hybridized carbons (Fsp3) is 0.412. The zero-order chi connectivity index (χ0) is 19.6. The van der Waals surface area contributed by atoms with Crippen LogP contribution < -0.4 is 10.6 Å². The normalized spacial score (nSPS) is 27.6. The smallest absolute Gasteiger partial charge is 0.414 e. The molecule has 27 heavy (non-hydrogen) atoms. The SMILES string of the molecule is CC(=O)NCC1CN(C(=O)O)C(=O)C(c2ccccc2F)(C2N=CCO2)N1. The average Bonchev–Trinajstić information content (AvgIpc) is 3.16. The molecule has 9 nitrogen and oxygen atoms in total. The van der Waals surface area contributed by atoms with Crippen molar-refractivity contribution in [3.8, 4) is 0 Å². The van der Waals surface area contributed by atoms with Crippen LogP contribution in [0.15, 0.2) is 29.3 Å². The van der Waals surface area contributed by atoms with Gasteiger partial charge < -0.3 is 15.2 Å². The second kappa shape index (κ2) is 7.41. The van der Waals surface area contributed by atoms with Crippen molar-refractivity contribution in [2.24, 2.45) is 4.99 Å². The quantitative estimate of drug-likeness (QED) is 0.682. The number of nitrogens with zero attached hydrogens (tertiary/aromatic N) is 2. The lowest BCUT2D eigenvalue weighted by Gasteiger charge is -2.46. The van der Waals surface area contributed by atoms with E-state index in [2.05, 4.69) is 15.6 Å². The Morgan fingerprint density at radius 3 is 2.81 bits per heavy atom. The van der Waals surface area contributed by atoms with E-state index in [0.717, 1.165) is 0 Å². The maximum atomic E-state index is 14.7. The first-order valence-corrected chi connectivity index (χ1v) is 8.31. The maximum Gasteiger partial charge on any atom is 0.414 e. The first-order valence-electron chi connectivity index (χ1n) is 8.31. The predicted molar refractivity (Wildman–Crippen MR) is 91.7 cm³/mol. The maximum absolute atomic E-state index is 14.7. The van der Waals surface area contributed by atoms with Crippen molar-refractivity contribution < 1.29 is 28.6 Å². The van der Waals surface area contributed by atoms with Crippen molar-refractivity contribution in [2.45, 2.75) is 24.7 Å². The second-order valence-corrected chi connectivity index (χ2v) is 6.28. The summed E-state index contributed by atoms with van der Waals surface area (Å²) in [6, 6.07) is 4.89. The molecular weight excluding hydrogens is 359 g/mol. The molecule has 3 amide bonds. The van der Waals surface area contributed by atoms with Crippen LogP contribution in [-0.4, -0.2) is 66.1 Å². The minimum atomic E-state index is -1.88. The fourth-order valence-corrected chi connectivity index (χ4v) is 3.33. The zero-order valence-corrected chi connectivity index (χ0v) is 14.5. The topological polar surface area (TPSA) is 120 Å². The summed E-state index contributed by atoms with van der Waals surface area (Å²) in [5.74, 6) is -1.90. The van der Waals surface area contributed by atoms with Gasteiger partial charge in [-0.2, -0.15) is 0 Å². The van der Waals surface area contributed by atoms with Crippen LogP contribution in [0.5, 0.6) is 0 Å². The predicted octanol–water partition coefficient (Wildman–Crippen LogP) is 0.0626. The van der Waals surface area contributed by atoms with Gasteiger partial charge >= 0.3 is 6.09 Å². The molecule has 0 spiro atoms. The van der Waals surface area contributed by atoms with Crippen LogP contribution >= 0.6 is 0 Å². The minimum absolute atomic E-state index is 0.0407. The standard InChI is InChI=1S/C17H19FN4O5/c1-10(23)20-8-11-9-22(16(25)26)15(24)17(21-11,14-19-6-7-27-14)12-4-2-3-5-13(12)18/h2-6,11,14,21H,7-9H2,1H3,(H,20,23)(H,25,26). The number of imide groups is 1. The number of nitrogens with one attached hydrogen (secondary N) is 2. The average molecular weight is 378 g/mol. The van der Waals surface area contributed by atoms with Gasteiger partial charge in [-0.15, -0.1) is 0 Å². The highest BCUT2D eigenvalue weighted by Gasteiger charge is 2.57. The number of benzene rings is 1. The van der Waals surface area contributed by atoms with Gasteiger partial charge in [0.05, 0.1) is 6.61 Å². The van der Waals surface area contributed by atoms with E-state index in [4.69, 9.17) is 4.74 Å². The van der Waals surface area contributed by atoms with Crippen LogP contribution in [0.4, 0.5) is 9.18 Å². The monoisotopic (exact) mass is 378 g/mol. The number of carboxylic acid groups (broad SMARTS) is 1. The molecule has 0 radical (unpaired) electrons. The molecule has 1 aromatic rings. The highest BCUT2D eigenvalue weighted by molar-refractivity contribution is 5.99. The van der Waals surface area contributed by atoms with Crippen LogP contribution in [0.3, 0.4) is 0 Å². The van der Waals surface area contributed by atoms with Crippen molar-refractivity contribution in [2.75, 3.05) is 19.7 Å². The third kappa shape index (κ3) is 3.40. The van der Waals surface area contributed by atoms with Crippen molar-refractivity contribution in [3.05, 3.63) is 35.6 Å². The molecule has 0 aliphatic carbocycles. The van der Waals surface area contributed by atoms with Crippen molar-refractivity contribution in [3.63, 3.8) is 0 Å². The van der Waals surface area contributed by atoms with Crippen LogP contribution in [0, 0.1) is 5.82 Å². The van der Waals surface area contributed by atoms with Gasteiger partial charge in [0.15, 0.2) is 11.8 Å². The van der Waals surface area contributed by atoms with E-state index < -0.39 is 35.6 Å². The van der Waals surface area contributed by atoms with E-state index in [-0.39, 0.29) is 31.2 Å². The summed E-state index contributed by atoms with van der Waals surface area (Å²) in [7, 11) is 0. The van der Waals surface area contributed by atoms with Gasteiger partial charge in [-0.05, 0) is 6.07 Å². The molecule has 10 heteroatoms. The lowest BCUT2D eigenvalue weighted by Crippen LogP contribution is -2.72. The number of amides is 3. The Labute approximate surface area is 154 Å². The van der Waals surface area contributed by atoms with Crippen molar-refractivity contribution in [1.82, 2.24) is 15.5 Å². The summed E-state index contributed by atoms with van der Waals surface area (Å²) in [6.07, 6.45) is -1.19. The van der Waals surface area contributed by atoms with E-state index in [1.54, 1.807) is 0 Å². The molecule has 0 bridgehead atoms.